The molecule has 2 aromatic heterocycles. The van der Waals surface area contributed by atoms with Crippen molar-refractivity contribution in [2.24, 2.45) is 19.2 Å². The van der Waals surface area contributed by atoms with Crippen LogP contribution in [0.1, 0.15) is 21.7 Å². The number of nitrogens with zero attached hydrogens (tertiary/aromatic N) is 6. The SMILES string of the molecule is Cc1nn(C)c(F)c1/C=N/NC(=O)c1c([N+](=O)[O-])cnn1C. The zero-order chi connectivity index (χ0) is 16.4. The van der Waals surface area contributed by atoms with Gasteiger partial charge in [0.05, 0.1) is 22.4 Å². The Morgan fingerprint density at radius 1 is 1.50 bits per heavy atom. The Labute approximate surface area is 123 Å². The van der Waals surface area contributed by atoms with Crippen molar-refractivity contribution >= 4 is 17.8 Å². The number of carbonyl (C=O) groups excluding carboxylic acids is 1. The second-order valence-corrected chi connectivity index (χ2v) is 4.37. The van der Waals surface area contributed by atoms with Gasteiger partial charge in [0.2, 0.25) is 11.6 Å². The van der Waals surface area contributed by atoms with Crippen LogP contribution in [0.3, 0.4) is 0 Å². The number of rotatable bonds is 4. The van der Waals surface area contributed by atoms with Crippen LogP contribution in [0.2, 0.25) is 0 Å². The highest BCUT2D eigenvalue weighted by Crippen LogP contribution is 2.16. The summed E-state index contributed by atoms with van der Waals surface area (Å²) in [6.45, 7) is 1.58. The zero-order valence-electron chi connectivity index (χ0n) is 11.9. The Kier molecular flexibility index (Phi) is 3.97. The number of hydrogen-bond acceptors (Lipinski definition) is 6. The van der Waals surface area contributed by atoms with E-state index in [0.717, 1.165) is 21.8 Å². The highest BCUT2D eigenvalue weighted by atomic mass is 19.1. The number of hydrazone groups is 1. The van der Waals surface area contributed by atoms with E-state index in [0.29, 0.717) is 5.69 Å². The average molecular weight is 309 g/mol. The minimum atomic E-state index is -0.829. The van der Waals surface area contributed by atoms with Crippen LogP contribution in [0, 0.1) is 23.0 Å². The molecule has 2 rings (SSSR count). The molecule has 0 spiro atoms. The maximum atomic E-state index is 13.6. The molecule has 0 aliphatic rings. The lowest BCUT2D eigenvalue weighted by molar-refractivity contribution is -0.385. The summed E-state index contributed by atoms with van der Waals surface area (Å²) >= 11 is 0. The van der Waals surface area contributed by atoms with E-state index in [-0.39, 0.29) is 11.3 Å². The molecule has 0 aromatic carbocycles. The number of halogens is 1. The fourth-order valence-electron chi connectivity index (χ4n) is 1.82. The first-order chi connectivity index (χ1) is 10.3. The quantitative estimate of drug-likeness (QED) is 0.494. The molecule has 0 atom stereocenters. The highest BCUT2D eigenvalue weighted by Gasteiger charge is 2.25. The molecule has 1 N–H and O–H groups in total. The molecule has 116 valence electrons. The lowest BCUT2D eigenvalue weighted by atomic mass is 10.3. The monoisotopic (exact) mass is 309 g/mol. The van der Waals surface area contributed by atoms with Crippen LogP contribution in [0.4, 0.5) is 10.1 Å². The molecular weight excluding hydrogens is 297 g/mol. The van der Waals surface area contributed by atoms with Gasteiger partial charge in [-0.15, -0.1) is 0 Å². The molecule has 0 saturated carbocycles. The maximum absolute atomic E-state index is 13.6. The van der Waals surface area contributed by atoms with E-state index in [9.17, 15) is 19.3 Å². The number of nitrogens with one attached hydrogen (secondary N) is 1. The molecule has 10 nitrogen and oxygen atoms in total. The van der Waals surface area contributed by atoms with E-state index in [1.807, 2.05) is 0 Å². The van der Waals surface area contributed by atoms with Gasteiger partial charge in [0.25, 0.3) is 5.91 Å². The molecule has 0 aliphatic carbocycles. The first-order valence-electron chi connectivity index (χ1n) is 6.01. The number of amides is 1. The summed E-state index contributed by atoms with van der Waals surface area (Å²) in [5.74, 6) is -1.44. The van der Waals surface area contributed by atoms with Gasteiger partial charge in [0.15, 0.2) is 0 Å². The third kappa shape index (κ3) is 2.68. The van der Waals surface area contributed by atoms with E-state index in [2.05, 4.69) is 20.7 Å². The summed E-state index contributed by atoms with van der Waals surface area (Å²) in [5.41, 5.74) is 1.90. The second-order valence-electron chi connectivity index (χ2n) is 4.37. The van der Waals surface area contributed by atoms with Gasteiger partial charge in [-0.25, -0.2) is 10.1 Å². The second kappa shape index (κ2) is 5.71. The van der Waals surface area contributed by atoms with Crippen LogP contribution in [0.15, 0.2) is 11.3 Å². The summed E-state index contributed by atoms with van der Waals surface area (Å²) < 4.78 is 15.7. The Bertz CT molecular complexity index is 777. The van der Waals surface area contributed by atoms with Crippen LogP contribution < -0.4 is 5.43 Å². The van der Waals surface area contributed by atoms with Gasteiger partial charge in [-0.2, -0.15) is 19.7 Å². The number of carbonyl (C=O) groups is 1. The molecule has 11 heteroatoms. The number of aromatic nitrogens is 4. The fraction of sp³-hybridized carbons (Fsp3) is 0.273. The zero-order valence-corrected chi connectivity index (χ0v) is 11.9. The van der Waals surface area contributed by atoms with Gasteiger partial charge in [-0.1, -0.05) is 0 Å². The molecule has 0 radical (unpaired) electrons. The van der Waals surface area contributed by atoms with Gasteiger partial charge in [-0.05, 0) is 6.92 Å². The topological polar surface area (TPSA) is 120 Å². The van der Waals surface area contributed by atoms with E-state index in [4.69, 9.17) is 0 Å². The smallest absolute Gasteiger partial charge is 0.265 e. The average Bonchev–Trinajstić information content (AvgIpc) is 2.94. The van der Waals surface area contributed by atoms with Crippen LogP contribution in [-0.2, 0) is 14.1 Å². The van der Waals surface area contributed by atoms with E-state index in [1.165, 1.54) is 14.1 Å². The number of aryl methyl sites for hydroxylation is 3. The first kappa shape index (κ1) is 15.3. The van der Waals surface area contributed by atoms with Crippen molar-refractivity contribution in [3.63, 3.8) is 0 Å². The van der Waals surface area contributed by atoms with Crippen molar-refractivity contribution in [3.8, 4) is 0 Å². The minimum Gasteiger partial charge on any atom is -0.265 e. The summed E-state index contributed by atoms with van der Waals surface area (Å²) in [6.07, 6.45) is 2.04. The number of nitro groups is 1. The van der Waals surface area contributed by atoms with Crippen molar-refractivity contribution < 1.29 is 14.1 Å². The van der Waals surface area contributed by atoms with Crippen molar-refractivity contribution in [1.29, 1.82) is 0 Å². The molecule has 0 bridgehead atoms. The maximum Gasteiger partial charge on any atom is 0.320 e. The van der Waals surface area contributed by atoms with E-state index < -0.39 is 22.5 Å². The van der Waals surface area contributed by atoms with Gasteiger partial charge < -0.3 is 0 Å². The highest BCUT2D eigenvalue weighted by molar-refractivity contribution is 5.96. The third-order valence-electron chi connectivity index (χ3n) is 2.89. The Balaban J connectivity index is 2.18. The predicted molar refractivity (Wildman–Crippen MR) is 72.8 cm³/mol. The number of hydrogen-bond donors (Lipinski definition) is 1. The van der Waals surface area contributed by atoms with Crippen LogP contribution in [-0.4, -0.2) is 36.6 Å². The molecule has 2 aromatic rings. The van der Waals surface area contributed by atoms with Gasteiger partial charge in [0.1, 0.15) is 6.20 Å². The molecule has 0 unspecified atom stereocenters. The molecule has 0 saturated heterocycles. The van der Waals surface area contributed by atoms with Crippen LogP contribution in [0.25, 0.3) is 0 Å². The largest absolute Gasteiger partial charge is 0.320 e. The Morgan fingerprint density at radius 3 is 2.73 bits per heavy atom. The van der Waals surface area contributed by atoms with Crippen molar-refractivity contribution in [2.75, 3.05) is 0 Å². The molecule has 0 fully saturated rings. The van der Waals surface area contributed by atoms with E-state index >= 15 is 0 Å². The first-order valence-corrected chi connectivity index (χ1v) is 6.01. The van der Waals surface area contributed by atoms with Gasteiger partial charge in [-0.3, -0.25) is 19.6 Å². The lowest BCUT2D eigenvalue weighted by Gasteiger charge is -1.99. The molecule has 1 amide bonds. The van der Waals surface area contributed by atoms with Crippen molar-refractivity contribution in [2.45, 2.75) is 6.92 Å². The Morgan fingerprint density at radius 2 is 2.18 bits per heavy atom. The molecule has 22 heavy (non-hydrogen) atoms. The van der Waals surface area contributed by atoms with Crippen LogP contribution in [0.5, 0.6) is 0 Å². The van der Waals surface area contributed by atoms with Crippen molar-refractivity contribution in [3.05, 3.63) is 39.2 Å². The lowest BCUT2D eigenvalue weighted by Crippen LogP contribution is -2.22. The minimum absolute atomic E-state index is 0.113. The van der Waals surface area contributed by atoms with Crippen molar-refractivity contribution in [1.82, 2.24) is 25.0 Å². The fourth-order valence-corrected chi connectivity index (χ4v) is 1.82. The standard InChI is InChI=1S/C11H12FN7O3/c1-6-7(10(12)18(3)16-6)4-13-15-11(20)9-8(19(21)22)5-14-17(9)2/h4-5H,1-3H3,(H,15,20)/b13-4+. The summed E-state index contributed by atoms with van der Waals surface area (Å²) in [7, 11) is 2.81. The summed E-state index contributed by atoms with van der Waals surface area (Å²) in [4.78, 5) is 22.0. The van der Waals surface area contributed by atoms with Crippen LogP contribution >= 0.6 is 0 Å². The van der Waals surface area contributed by atoms with Gasteiger partial charge >= 0.3 is 5.69 Å². The summed E-state index contributed by atoms with van der Waals surface area (Å²) in [5, 5.41) is 21.9. The molecule has 0 aliphatic heterocycles. The summed E-state index contributed by atoms with van der Waals surface area (Å²) in [6, 6.07) is 0. The normalized spacial score (nSPS) is 11.1. The van der Waals surface area contributed by atoms with E-state index in [1.54, 1.807) is 6.92 Å². The molecule has 2 heterocycles. The third-order valence-corrected chi connectivity index (χ3v) is 2.89. The molecular formula is C11H12FN7O3. The predicted octanol–water partition coefficient (Wildman–Crippen LogP) is 0.273. The van der Waals surface area contributed by atoms with Gasteiger partial charge in [0, 0.05) is 14.1 Å². The Hall–Kier alpha value is -3.11.